The van der Waals surface area contributed by atoms with Gasteiger partial charge in [0.25, 0.3) is 5.91 Å². The number of benzene rings is 2. The molecule has 66 heavy (non-hydrogen) atoms. The number of unbranched alkanes of at least 4 members (excludes halogenated alkanes) is 23. The van der Waals surface area contributed by atoms with Gasteiger partial charge < -0.3 is 24.8 Å². The first kappa shape index (κ1) is 57.9. The van der Waals surface area contributed by atoms with Crippen molar-refractivity contribution in [3.63, 3.8) is 0 Å². The van der Waals surface area contributed by atoms with Gasteiger partial charge in [-0.25, -0.2) is 4.79 Å². The molecule has 0 aliphatic carbocycles. The van der Waals surface area contributed by atoms with Crippen LogP contribution in [0.15, 0.2) is 60.7 Å². The Bertz CT molecular complexity index is 1550. The van der Waals surface area contributed by atoms with Crippen LogP contribution >= 0.6 is 0 Å². The summed E-state index contributed by atoms with van der Waals surface area (Å²) in [6, 6.07) is 16.2. The molecule has 2 amide bonds. The molecule has 0 aliphatic rings. The fourth-order valence-electron chi connectivity index (χ4n) is 8.11. The molecule has 0 aromatic heterocycles. The van der Waals surface area contributed by atoms with E-state index in [1.165, 1.54) is 109 Å². The summed E-state index contributed by atoms with van der Waals surface area (Å²) < 4.78 is 16.9. The first-order valence-electron chi connectivity index (χ1n) is 26.3. The minimum atomic E-state index is -1.18. The second kappa shape index (κ2) is 38.9. The normalized spacial score (nSPS) is 12.6. The van der Waals surface area contributed by atoms with Gasteiger partial charge in [-0.3, -0.25) is 19.2 Å². The largest absolute Gasteiger partial charge is 0.461 e. The number of ether oxygens (including phenoxy) is 3. The lowest BCUT2D eigenvalue weighted by Gasteiger charge is -2.27. The van der Waals surface area contributed by atoms with Crippen molar-refractivity contribution in [3.05, 3.63) is 71.8 Å². The number of rotatable bonds is 41. The van der Waals surface area contributed by atoms with Crippen LogP contribution in [0.25, 0.3) is 0 Å². The van der Waals surface area contributed by atoms with E-state index in [1.54, 1.807) is 13.8 Å². The van der Waals surface area contributed by atoms with Crippen LogP contribution in [0.5, 0.6) is 0 Å². The maximum atomic E-state index is 14.0. The predicted molar refractivity (Wildman–Crippen MR) is 266 cm³/mol. The Balaban J connectivity index is 2.00. The van der Waals surface area contributed by atoms with Crippen LogP contribution < -0.4 is 10.6 Å². The molecule has 0 fully saturated rings. The number of carbonyl (C=O) groups excluding carboxylic acids is 5. The summed E-state index contributed by atoms with van der Waals surface area (Å²) in [4.78, 5) is 67.4. The number of esters is 3. The van der Waals surface area contributed by atoms with E-state index in [1.807, 2.05) is 60.7 Å². The highest BCUT2D eigenvalue weighted by molar-refractivity contribution is 5.92. The molecule has 0 aliphatic heterocycles. The highest BCUT2D eigenvalue weighted by Gasteiger charge is 2.33. The van der Waals surface area contributed by atoms with Gasteiger partial charge in [0.1, 0.15) is 25.3 Å². The molecule has 2 rings (SSSR count). The molecular formula is C56H90N2O8. The summed E-state index contributed by atoms with van der Waals surface area (Å²) in [6.07, 6.45) is 29.1. The Morgan fingerprint density at radius 3 is 1.33 bits per heavy atom. The lowest BCUT2D eigenvalue weighted by atomic mass is 10.0. The quantitative estimate of drug-likeness (QED) is 0.0382. The number of amides is 2. The van der Waals surface area contributed by atoms with Crippen molar-refractivity contribution in [2.24, 2.45) is 5.92 Å². The molecule has 1 unspecified atom stereocenters. The lowest BCUT2D eigenvalue weighted by molar-refractivity contribution is -0.157. The molecule has 3 atom stereocenters. The molecule has 0 spiro atoms. The average Bonchev–Trinajstić information content (AvgIpc) is 3.32. The zero-order chi connectivity index (χ0) is 47.9. The number of nitrogens with one attached hydrogen (secondary N) is 2. The van der Waals surface area contributed by atoms with E-state index in [-0.39, 0.29) is 38.4 Å². The molecule has 10 heteroatoms. The molecule has 0 heterocycles. The van der Waals surface area contributed by atoms with Crippen LogP contribution in [0, 0.1) is 5.92 Å². The number of hydrogen-bond acceptors (Lipinski definition) is 8. The van der Waals surface area contributed by atoms with Gasteiger partial charge >= 0.3 is 17.9 Å². The topological polar surface area (TPSA) is 137 Å². The molecule has 0 radical (unpaired) electrons. The summed E-state index contributed by atoms with van der Waals surface area (Å²) in [5, 5.41) is 5.63. The van der Waals surface area contributed by atoms with Gasteiger partial charge in [-0.15, -0.1) is 0 Å². The lowest BCUT2D eigenvalue weighted by Crippen LogP contribution is -2.55. The van der Waals surface area contributed by atoms with Gasteiger partial charge in [-0.2, -0.15) is 0 Å². The maximum absolute atomic E-state index is 14.0. The molecule has 2 aromatic carbocycles. The highest BCUT2D eigenvalue weighted by Crippen LogP contribution is 2.18. The van der Waals surface area contributed by atoms with Gasteiger partial charge in [0, 0.05) is 12.8 Å². The zero-order valence-electron chi connectivity index (χ0n) is 41.8. The van der Waals surface area contributed by atoms with Crippen molar-refractivity contribution in [3.8, 4) is 0 Å². The van der Waals surface area contributed by atoms with Crippen LogP contribution in [-0.2, 0) is 51.4 Å². The van der Waals surface area contributed by atoms with E-state index in [0.29, 0.717) is 12.8 Å². The minimum Gasteiger partial charge on any atom is -0.461 e. The zero-order valence-corrected chi connectivity index (χ0v) is 41.8. The summed E-state index contributed by atoms with van der Waals surface area (Å²) in [7, 11) is 0. The van der Waals surface area contributed by atoms with E-state index in [4.69, 9.17) is 14.2 Å². The van der Waals surface area contributed by atoms with Crippen molar-refractivity contribution < 1.29 is 38.2 Å². The molecule has 0 saturated heterocycles. The highest BCUT2D eigenvalue weighted by atomic mass is 16.5. The molecule has 2 aromatic rings. The summed E-state index contributed by atoms with van der Waals surface area (Å²) >= 11 is 0. The van der Waals surface area contributed by atoms with Crippen LogP contribution in [-0.4, -0.2) is 47.9 Å². The first-order chi connectivity index (χ1) is 32.1. The third-order valence-corrected chi connectivity index (χ3v) is 12.3. The van der Waals surface area contributed by atoms with Gasteiger partial charge in [0.2, 0.25) is 5.91 Å². The second-order valence-electron chi connectivity index (χ2n) is 18.7. The Labute approximate surface area is 400 Å². The molecule has 2 N–H and O–H groups in total. The van der Waals surface area contributed by atoms with Gasteiger partial charge in [0.05, 0.1) is 0 Å². The van der Waals surface area contributed by atoms with Crippen molar-refractivity contribution in [2.45, 2.75) is 245 Å². The standard InChI is InChI=1S/C56H90N2O8/c1-5-7-9-11-13-15-17-19-21-23-25-27-35-41-52(60)66-50(40-34-26-24-22-20-18-16-14-12-10-8-6-2)54(61)58-53(46(3)4)55(62)57-49(56(63)65-45-48-38-32-29-33-39-48)42-43-51(59)64-44-47-36-30-28-31-37-47/h28-33,36-39,46,49-50,53H,5-27,34-35,40-45H2,1-4H3,(H,57,62)(H,58,61)/t49-,50?,53-/m0/s1. The summed E-state index contributed by atoms with van der Waals surface area (Å²) in [6.45, 7) is 8.16. The van der Waals surface area contributed by atoms with Crippen LogP contribution in [0.1, 0.15) is 225 Å². The number of carbonyl (C=O) groups is 5. The summed E-state index contributed by atoms with van der Waals surface area (Å²) in [5.41, 5.74) is 1.60. The summed E-state index contributed by atoms with van der Waals surface area (Å²) in [5.74, 6) is -3.13. The third kappa shape index (κ3) is 29.4. The van der Waals surface area contributed by atoms with E-state index in [2.05, 4.69) is 24.5 Å². The van der Waals surface area contributed by atoms with E-state index >= 15 is 0 Å². The van der Waals surface area contributed by atoms with Gasteiger partial charge in [0.15, 0.2) is 6.10 Å². The fourth-order valence-corrected chi connectivity index (χ4v) is 8.11. The number of hydrogen-bond donors (Lipinski definition) is 2. The Morgan fingerprint density at radius 1 is 0.455 bits per heavy atom. The predicted octanol–water partition coefficient (Wildman–Crippen LogP) is 13.4. The molecule has 0 saturated carbocycles. The smallest absolute Gasteiger partial charge is 0.328 e. The van der Waals surface area contributed by atoms with Crippen molar-refractivity contribution in [2.75, 3.05) is 0 Å². The van der Waals surface area contributed by atoms with E-state index in [9.17, 15) is 24.0 Å². The molecule has 372 valence electrons. The van der Waals surface area contributed by atoms with Gasteiger partial charge in [-0.1, -0.05) is 236 Å². The third-order valence-electron chi connectivity index (χ3n) is 12.3. The Hall–Kier alpha value is -4.21. The Kier molecular flexibility index (Phi) is 34.1. The van der Waals surface area contributed by atoms with Gasteiger partial charge in [-0.05, 0) is 42.7 Å². The molecule has 0 bridgehead atoms. The van der Waals surface area contributed by atoms with Crippen LogP contribution in [0.3, 0.4) is 0 Å². The Morgan fingerprint density at radius 2 is 0.879 bits per heavy atom. The molecule has 10 nitrogen and oxygen atoms in total. The monoisotopic (exact) mass is 919 g/mol. The minimum absolute atomic E-state index is 0.0136. The molecular weight excluding hydrogens is 829 g/mol. The average molecular weight is 919 g/mol. The van der Waals surface area contributed by atoms with Crippen molar-refractivity contribution in [1.82, 2.24) is 10.6 Å². The van der Waals surface area contributed by atoms with Crippen LogP contribution in [0.2, 0.25) is 0 Å². The maximum Gasteiger partial charge on any atom is 0.328 e. The van der Waals surface area contributed by atoms with Crippen molar-refractivity contribution >= 4 is 29.7 Å². The SMILES string of the molecule is CCCCCCCCCCCCCCCC(=O)OC(CCCCCCCCCCCCCC)C(=O)N[C@H](C(=O)N[C@@H](CCC(=O)OCc1ccccc1)C(=O)OCc1ccccc1)C(C)C. The van der Waals surface area contributed by atoms with Crippen molar-refractivity contribution in [1.29, 1.82) is 0 Å². The fraction of sp³-hybridized carbons (Fsp3) is 0.696. The van der Waals surface area contributed by atoms with Crippen LogP contribution in [0.4, 0.5) is 0 Å². The second-order valence-corrected chi connectivity index (χ2v) is 18.7. The van der Waals surface area contributed by atoms with E-state index < -0.39 is 47.9 Å². The van der Waals surface area contributed by atoms with E-state index in [0.717, 1.165) is 56.1 Å². The first-order valence-corrected chi connectivity index (χ1v) is 26.3.